The van der Waals surface area contributed by atoms with Crippen molar-refractivity contribution in [3.63, 3.8) is 0 Å². The van der Waals surface area contributed by atoms with Crippen molar-refractivity contribution >= 4 is 27.3 Å². The predicted molar refractivity (Wildman–Crippen MR) is 78.8 cm³/mol. The number of nitrogens with one attached hydrogen (secondary N) is 1. The molecule has 0 fully saturated rings. The van der Waals surface area contributed by atoms with Gasteiger partial charge in [0.1, 0.15) is 0 Å². The molecule has 0 aliphatic carbocycles. The normalized spacial score (nSPS) is 12.6. The van der Waals surface area contributed by atoms with Gasteiger partial charge in [0.15, 0.2) is 0 Å². The van der Waals surface area contributed by atoms with Gasteiger partial charge in [0.2, 0.25) is 0 Å². The Morgan fingerprint density at radius 2 is 2.22 bits per heavy atom. The fourth-order valence-electron chi connectivity index (χ4n) is 1.80. The van der Waals surface area contributed by atoms with Crippen LogP contribution < -0.4 is 5.32 Å². The monoisotopic (exact) mass is 325 g/mol. The van der Waals surface area contributed by atoms with Gasteiger partial charge >= 0.3 is 0 Å². The highest BCUT2D eigenvalue weighted by molar-refractivity contribution is 9.11. The molecule has 2 rings (SSSR count). The maximum Gasteiger partial charge on any atom is 0.0701 e. The van der Waals surface area contributed by atoms with Gasteiger partial charge in [0.05, 0.1) is 9.98 Å². The van der Waals surface area contributed by atoms with Crippen molar-refractivity contribution in [1.29, 1.82) is 0 Å². The van der Waals surface area contributed by atoms with Crippen molar-refractivity contribution in [3.05, 3.63) is 44.8 Å². The molecule has 0 aliphatic heterocycles. The minimum absolute atomic E-state index is 0.311. The molecule has 5 heteroatoms. The molecule has 0 saturated heterocycles. The van der Waals surface area contributed by atoms with Crippen LogP contribution in [0.2, 0.25) is 0 Å². The lowest BCUT2D eigenvalue weighted by molar-refractivity contribution is 0.529. The van der Waals surface area contributed by atoms with E-state index in [1.165, 1.54) is 14.2 Å². The summed E-state index contributed by atoms with van der Waals surface area (Å²) in [5, 5.41) is 11.4. The zero-order valence-corrected chi connectivity index (χ0v) is 12.7. The number of rotatable bonds is 6. The third-order valence-electron chi connectivity index (χ3n) is 2.68. The summed E-state index contributed by atoms with van der Waals surface area (Å²) in [6.45, 7) is 3.19. The molecule has 0 spiro atoms. The molecule has 1 N–H and O–H groups in total. The van der Waals surface area contributed by atoms with E-state index in [1.807, 2.05) is 12.3 Å². The Bertz CT molecular complexity index is 472. The third-order valence-corrected chi connectivity index (χ3v) is 4.33. The Morgan fingerprint density at radius 1 is 1.33 bits per heavy atom. The van der Waals surface area contributed by atoms with E-state index in [1.54, 1.807) is 17.5 Å². The molecular formula is C13H16BrN3S. The lowest BCUT2D eigenvalue weighted by atomic mass is 10.1. The number of nitrogens with zero attached hydrogens (tertiary/aromatic N) is 2. The average molecular weight is 326 g/mol. The van der Waals surface area contributed by atoms with Crippen LogP contribution in [0.3, 0.4) is 0 Å². The summed E-state index contributed by atoms with van der Waals surface area (Å²) in [5.41, 5.74) is 1.20. The predicted octanol–water partition coefficient (Wildman–Crippen LogP) is 3.58. The smallest absolute Gasteiger partial charge is 0.0701 e. The molecular weight excluding hydrogens is 310 g/mol. The Balaban J connectivity index is 2.10. The highest BCUT2D eigenvalue weighted by Gasteiger charge is 2.12. The van der Waals surface area contributed by atoms with Crippen LogP contribution in [0.15, 0.2) is 34.4 Å². The van der Waals surface area contributed by atoms with Gasteiger partial charge in [-0.25, -0.2) is 0 Å². The molecule has 0 bridgehead atoms. The second-order valence-electron chi connectivity index (χ2n) is 4.09. The lowest BCUT2D eigenvalue weighted by Gasteiger charge is -2.17. The van der Waals surface area contributed by atoms with E-state index in [-0.39, 0.29) is 0 Å². The minimum atomic E-state index is 0.311. The molecule has 1 atom stereocenters. The van der Waals surface area contributed by atoms with Gasteiger partial charge in [-0.3, -0.25) is 0 Å². The molecule has 18 heavy (non-hydrogen) atoms. The summed E-state index contributed by atoms with van der Waals surface area (Å²) < 4.78 is 1.18. The van der Waals surface area contributed by atoms with Gasteiger partial charge in [-0.05, 0) is 52.7 Å². The first-order valence-electron chi connectivity index (χ1n) is 6.03. The molecule has 0 saturated carbocycles. The molecule has 96 valence electrons. The van der Waals surface area contributed by atoms with Crippen molar-refractivity contribution in [1.82, 2.24) is 15.5 Å². The number of hydrogen-bond donors (Lipinski definition) is 1. The molecule has 2 heterocycles. The van der Waals surface area contributed by atoms with Crippen molar-refractivity contribution in [2.24, 2.45) is 0 Å². The van der Waals surface area contributed by atoms with Gasteiger partial charge in [0, 0.05) is 23.5 Å². The van der Waals surface area contributed by atoms with Crippen molar-refractivity contribution < 1.29 is 0 Å². The van der Waals surface area contributed by atoms with Gasteiger partial charge in [-0.1, -0.05) is 6.92 Å². The zero-order chi connectivity index (χ0) is 12.8. The first kappa shape index (κ1) is 13.6. The quantitative estimate of drug-likeness (QED) is 0.882. The van der Waals surface area contributed by atoms with Crippen LogP contribution in [0, 0.1) is 0 Å². The molecule has 3 nitrogen and oxygen atoms in total. The Morgan fingerprint density at radius 3 is 2.83 bits per heavy atom. The number of halogens is 1. The van der Waals surface area contributed by atoms with E-state index < -0.39 is 0 Å². The maximum atomic E-state index is 3.96. The summed E-state index contributed by atoms with van der Waals surface area (Å²) in [5.74, 6) is 0. The van der Waals surface area contributed by atoms with Gasteiger partial charge < -0.3 is 5.32 Å². The van der Waals surface area contributed by atoms with Crippen molar-refractivity contribution in [3.8, 4) is 0 Å². The van der Waals surface area contributed by atoms with E-state index in [0.29, 0.717) is 6.04 Å². The Kier molecular flexibility index (Phi) is 5.28. The molecule has 2 aromatic heterocycles. The highest BCUT2D eigenvalue weighted by atomic mass is 79.9. The van der Waals surface area contributed by atoms with Crippen LogP contribution in [0.25, 0.3) is 0 Å². The molecule has 0 radical (unpaired) electrons. The Hall–Kier alpha value is -0.780. The average Bonchev–Trinajstić information content (AvgIpc) is 2.81. The Labute approximate surface area is 120 Å². The van der Waals surface area contributed by atoms with Crippen molar-refractivity contribution in [2.45, 2.75) is 25.8 Å². The summed E-state index contributed by atoms with van der Waals surface area (Å²) in [4.78, 5) is 1.37. The van der Waals surface area contributed by atoms with Crippen LogP contribution >= 0.6 is 27.3 Å². The largest absolute Gasteiger partial charge is 0.310 e. The number of aromatic nitrogens is 2. The molecule has 2 aromatic rings. The van der Waals surface area contributed by atoms with E-state index in [4.69, 9.17) is 0 Å². The van der Waals surface area contributed by atoms with Crippen LogP contribution in [0.1, 0.15) is 29.8 Å². The summed E-state index contributed by atoms with van der Waals surface area (Å²) in [6, 6.07) is 6.61. The summed E-state index contributed by atoms with van der Waals surface area (Å²) in [6.07, 6.45) is 5.71. The number of thiophene rings is 1. The minimum Gasteiger partial charge on any atom is -0.310 e. The van der Waals surface area contributed by atoms with Crippen LogP contribution in [-0.2, 0) is 6.42 Å². The van der Waals surface area contributed by atoms with E-state index in [2.05, 4.69) is 50.5 Å². The second kappa shape index (κ2) is 6.97. The number of hydrogen-bond acceptors (Lipinski definition) is 4. The zero-order valence-electron chi connectivity index (χ0n) is 10.3. The standard InChI is InChI=1S/C13H16BrN3S/c1-2-6-15-12(10-5-7-16-17-9-10)8-11-3-4-13(14)18-11/h3-5,7,9,12,15H,2,6,8H2,1H3. The first-order chi connectivity index (χ1) is 8.79. The lowest BCUT2D eigenvalue weighted by Crippen LogP contribution is -2.24. The molecule has 0 aliphatic rings. The van der Waals surface area contributed by atoms with Gasteiger partial charge in [-0.2, -0.15) is 10.2 Å². The summed E-state index contributed by atoms with van der Waals surface area (Å²) >= 11 is 5.29. The third kappa shape index (κ3) is 3.86. The fraction of sp³-hybridized carbons (Fsp3) is 0.385. The molecule has 0 amide bonds. The van der Waals surface area contributed by atoms with Crippen LogP contribution in [-0.4, -0.2) is 16.7 Å². The topological polar surface area (TPSA) is 37.8 Å². The van der Waals surface area contributed by atoms with E-state index in [0.717, 1.165) is 19.4 Å². The fourth-order valence-corrected chi connectivity index (χ4v) is 3.32. The van der Waals surface area contributed by atoms with Crippen molar-refractivity contribution in [2.75, 3.05) is 6.54 Å². The first-order valence-corrected chi connectivity index (χ1v) is 7.64. The van der Waals surface area contributed by atoms with E-state index >= 15 is 0 Å². The maximum absolute atomic E-state index is 3.96. The van der Waals surface area contributed by atoms with Crippen LogP contribution in [0.5, 0.6) is 0 Å². The summed E-state index contributed by atoms with van der Waals surface area (Å²) in [7, 11) is 0. The van der Waals surface area contributed by atoms with Crippen LogP contribution in [0.4, 0.5) is 0 Å². The highest BCUT2D eigenvalue weighted by Crippen LogP contribution is 2.26. The van der Waals surface area contributed by atoms with Gasteiger partial charge in [-0.15, -0.1) is 11.3 Å². The van der Waals surface area contributed by atoms with Gasteiger partial charge in [0.25, 0.3) is 0 Å². The second-order valence-corrected chi connectivity index (χ2v) is 6.64. The SMILES string of the molecule is CCCNC(Cc1ccc(Br)s1)c1ccnnc1. The van der Waals surface area contributed by atoms with E-state index in [9.17, 15) is 0 Å². The molecule has 0 aromatic carbocycles. The molecule has 1 unspecified atom stereocenters.